The van der Waals surface area contributed by atoms with Gasteiger partial charge in [-0.05, 0) is 18.2 Å². The third kappa shape index (κ3) is 3.03. The first-order valence-corrected chi connectivity index (χ1v) is 6.07. The maximum absolute atomic E-state index is 12.9. The van der Waals surface area contributed by atoms with E-state index in [0.717, 1.165) is 12.1 Å². The van der Waals surface area contributed by atoms with Gasteiger partial charge in [0, 0.05) is 11.3 Å². The Kier molecular flexibility index (Phi) is 3.73. The van der Waals surface area contributed by atoms with Crippen molar-refractivity contribution in [2.24, 2.45) is 0 Å². The zero-order valence-electron chi connectivity index (χ0n) is 9.11. The first-order valence-electron chi connectivity index (χ1n) is 5.08. The lowest BCUT2D eigenvalue weighted by molar-refractivity contribution is 0.385. The van der Waals surface area contributed by atoms with Crippen LogP contribution in [-0.2, 0) is 12.2 Å². The molecular weight excluding hydrogens is 246 g/mol. The van der Waals surface area contributed by atoms with E-state index >= 15 is 0 Å². The molecule has 3 nitrogen and oxygen atoms in total. The van der Waals surface area contributed by atoms with Gasteiger partial charge in [-0.2, -0.15) is 4.98 Å². The lowest BCUT2D eigenvalue weighted by Crippen LogP contribution is -1.86. The van der Waals surface area contributed by atoms with Gasteiger partial charge < -0.3 is 4.52 Å². The quantitative estimate of drug-likeness (QED) is 0.787. The summed E-state index contributed by atoms with van der Waals surface area (Å²) in [4.78, 5) is 4.74. The lowest BCUT2D eigenvalue weighted by atomic mass is 10.3. The molecule has 0 N–H and O–H groups in total. The van der Waals surface area contributed by atoms with Crippen molar-refractivity contribution in [3.63, 3.8) is 0 Å². The summed E-state index contributed by atoms with van der Waals surface area (Å²) in [7, 11) is 0. The van der Waals surface area contributed by atoms with Gasteiger partial charge in [0.25, 0.3) is 0 Å². The van der Waals surface area contributed by atoms with Crippen molar-refractivity contribution in [3.8, 4) is 0 Å². The topological polar surface area (TPSA) is 38.9 Å². The van der Waals surface area contributed by atoms with Crippen LogP contribution in [0.15, 0.2) is 27.6 Å². The number of hydrogen-bond donors (Lipinski definition) is 0. The van der Waals surface area contributed by atoms with Crippen LogP contribution in [-0.4, -0.2) is 10.1 Å². The van der Waals surface area contributed by atoms with E-state index < -0.39 is 11.6 Å². The highest BCUT2D eigenvalue weighted by atomic mass is 32.2. The molecule has 17 heavy (non-hydrogen) atoms. The minimum Gasteiger partial charge on any atom is -0.338 e. The molecule has 0 aliphatic rings. The number of nitrogens with zero attached hydrogens (tertiary/aromatic N) is 2. The number of aromatic nitrogens is 2. The molecule has 90 valence electrons. The van der Waals surface area contributed by atoms with E-state index in [2.05, 4.69) is 10.1 Å². The predicted molar refractivity (Wildman–Crippen MR) is 59.6 cm³/mol. The van der Waals surface area contributed by atoms with Crippen molar-refractivity contribution in [2.45, 2.75) is 24.0 Å². The van der Waals surface area contributed by atoms with E-state index in [1.165, 1.54) is 17.8 Å². The number of hydrogen-bond acceptors (Lipinski definition) is 4. The molecule has 0 saturated heterocycles. The third-order valence-electron chi connectivity index (χ3n) is 2.08. The Morgan fingerprint density at radius 3 is 2.76 bits per heavy atom. The molecule has 1 aromatic carbocycles. The number of benzene rings is 1. The molecule has 2 rings (SSSR count). The standard InChI is InChI=1S/C11H10F2N2OS/c1-2-10-14-11(16-15-10)6-17-7-3-4-8(12)9(13)5-7/h3-5H,2,6H2,1H3. The Balaban J connectivity index is 1.99. The largest absolute Gasteiger partial charge is 0.338 e. The van der Waals surface area contributed by atoms with Crippen LogP contribution in [0.4, 0.5) is 8.78 Å². The molecule has 1 aromatic heterocycles. The normalized spacial score (nSPS) is 10.8. The summed E-state index contributed by atoms with van der Waals surface area (Å²) >= 11 is 1.32. The van der Waals surface area contributed by atoms with Crippen LogP contribution in [0.3, 0.4) is 0 Å². The van der Waals surface area contributed by atoms with Crippen LogP contribution in [0, 0.1) is 11.6 Å². The van der Waals surface area contributed by atoms with Crippen LogP contribution < -0.4 is 0 Å². The molecule has 0 radical (unpaired) electrons. The molecule has 0 saturated carbocycles. The lowest BCUT2D eigenvalue weighted by Gasteiger charge is -1.99. The maximum atomic E-state index is 12.9. The van der Waals surface area contributed by atoms with Gasteiger partial charge in [0.05, 0.1) is 5.75 Å². The van der Waals surface area contributed by atoms with Gasteiger partial charge in [-0.25, -0.2) is 8.78 Å². The Morgan fingerprint density at radius 2 is 2.12 bits per heavy atom. The fraction of sp³-hybridized carbons (Fsp3) is 0.273. The Labute approximate surface area is 101 Å². The van der Waals surface area contributed by atoms with E-state index in [4.69, 9.17) is 4.52 Å². The van der Waals surface area contributed by atoms with Gasteiger partial charge in [0.15, 0.2) is 17.5 Å². The van der Waals surface area contributed by atoms with E-state index in [-0.39, 0.29) is 0 Å². The van der Waals surface area contributed by atoms with Gasteiger partial charge in [-0.3, -0.25) is 0 Å². The van der Waals surface area contributed by atoms with Gasteiger partial charge in [-0.15, -0.1) is 11.8 Å². The van der Waals surface area contributed by atoms with E-state index in [1.807, 2.05) is 6.92 Å². The summed E-state index contributed by atoms with van der Waals surface area (Å²) in [5, 5.41) is 3.75. The minimum atomic E-state index is -0.852. The second-order valence-electron chi connectivity index (χ2n) is 3.32. The Morgan fingerprint density at radius 1 is 1.29 bits per heavy atom. The van der Waals surface area contributed by atoms with Crippen LogP contribution in [0.25, 0.3) is 0 Å². The van der Waals surface area contributed by atoms with Gasteiger partial charge >= 0.3 is 0 Å². The molecule has 0 fully saturated rings. The zero-order valence-corrected chi connectivity index (χ0v) is 9.93. The molecule has 0 spiro atoms. The van der Waals surface area contributed by atoms with Crippen molar-refractivity contribution in [1.82, 2.24) is 10.1 Å². The molecule has 0 amide bonds. The van der Waals surface area contributed by atoms with Crippen LogP contribution >= 0.6 is 11.8 Å². The molecule has 0 aliphatic heterocycles. The number of thioether (sulfide) groups is 1. The number of rotatable bonds is 4. The summed E-state index contributed by atoms with van der Waals surface area (Å²) in [6.45, 7) is 1.93. The smallest absolute Gasteiger partial charge is 0.237 e. The number of halogens is 2. The van der Waals surface area contributed by atoms with Gasteiger partial charge in [-0.1, -0.05) is 12.1 Å². The number of aryl methyl sites for hydroxylation is 1. The second-order valence-corrected chi connectivity index (χ2v) is 4.37. The van der Waals surface area contributed by atoms with Crippen molar-refractivity contribution in [2.75, 3.05) is 0 Å². The zero-order chi connectivity index (χ0) is 12.3. The summed E-state index contributed by atoms with van der Waals surface area (Å²) < 4.78 is 30.6. The van der Waals surface area contributed by atoms with E-state index in [9.17, 15) is 8.78 Å². The highest BCUT2D eigenvalue weighted by Gasteiger charge is 2.07. The summed E-state index contributed by atoms with van der Waals surface area (Å²) in [5.41, 5.74) is 0. The monoisotopic (exact) mass is 256 g/mol. The third-order valence-corrected chi connectivity index (χ3v) is 3.06. The summed E-state index contributed by atoms with van der Waals surface area (Å²) in [5.74, 6) is -0.129. The maximum Gasteiger partial charge on any atom is 0.237 e. The highest BCUT2D eigenvalue weighted by molar-refractivity contribution is 7.98. The average Bonchev–Trinajstić information content (AvgIpc) is 2.79. The van der Waals surface area contributed by atoms with Crippen molar-refractivity contribution < 1.29 is 13.3 Å². The first-order chi connectivity index (χ1) is 8.19. The average molecular weight is 256 g/mol. The summed E-state index contributed by atoms with van der Waals surface area (Å²) in [6, 6.07) is 3.76. The second kappa shape index (κ2) is 5.27. The molecule has 0 atom stereocenters. The van der Waals surface area contributed by atoms with Crippen LogP contribution in [0.1, 0.15) is 18.6 Å². The van der Waals surface area contributed by atoms with E-state index in [0.29, 0.717) is 28.8 Å². The van der Waals surface area contributed by atoms with Crippen molar-refractivity contribution >= 4 is 11.8 Å². The van der Waals surface area contributed by atoms with Crippen molar-refractivity contribution in [3.05, 3.63) is 41.5 Å². The molecule has 0 unspecified atom stereocenters. The fourth-order valence-corrected chi connectivity index (χ4v) is 1.96. The van der Waals surface area contributed by atoms with Gasteiger partial charge in [0.2, 0.25) is 5.89 Å². The molecule has 6 heteroatoms. The van der Waals surface area contributed by atoms with Crippen LogP contribution in [0.2, 0.25) is 0 Å². The SMILES string of the molecule is CCc1noc(CSc2ccc(F)c(F)c2)n1. The van der Waals surface area contributed by atoms with Crippen molar-refractivity contribution in [1.29, 1.82) is 0 Å². The predicted octanol–water partition coefficient (Wildman–Crippen LogP) is 3.20. The molecule has 0 bridgehead atoms. The fourth-order valence-electron chi connectivity index (χ4n) is 1.20. The Hall–Kier alpha value is -1.43. The minimum absolute atomic E-state index is 0.443. The molecular formula is C11H10F2N2OS. The molecule has 0 aliphatic carbocycles. The molecule has 2 aromatic rings. The summed E-state index contributed by atoms with van der Waals surface area (Å²) in [6.07, 6.45) is 0.708. The molecule has 1 heterocycles. The first kappa shape index (κ1) is 12.0. The van der Waals surface area contributed by atoms with Gasteiger partial charge in [0.1, 0.15) is 0 Å². The van der Waals surface area contributed by atoms with E-state index in [1.54, 1.807) is 0 Å². The highest BCUT2D eigenvalue weighted by Crippen LogP contribution is 2.23. The Bertz CT molecular complexity index is 516. The van der Waals surface area contributed by atoms with Crippen LogP contribution in [0.5, 0.6) is 0 Å².